The molecule has 0 radical (unpaired) electrons. The smallest absolute Gasteiger partial charge is 0.0145 e. The van der Waals surface area contributed by atoms with Crippen LogP contribution in [0.2, 0.25) is 0 Å². The largest absolute Gasteiger partial charge is 0.314 e. The molecule has 112 valence electrons. The first kappa shape index (κ1) is 15.3. The van der Waals surface area contributed by atoms with Crippen molar-refractivity contribution in [2.24, 2.45) is 5.92 Å². The van der Waals surface area contributed by atoms with E-state index in [-0.39, 0.29) is 0 Å². The summed E-state index contributed by atoms with van der Waals surface area (Å²) in [5.41, 5.74) is 0. The van der Waals surface area contributed by atoms with Crippen LogP contribution in [0.5, 0.6) is 0 Å². The van der Waals surface area contributed by atoms with Crippen molar-refractivity contribution < 1.29 is 0 Å². The number of likely N-dealkylation sites (tertiary alicyclic amines) is 2. The van der Waals surface area contributed by atoms with Crippen molar-refractivity contribution in [2.45, 2.75) is 64.6 Å². The Labute approximate surface area is 119 Å². The lowest BCUT2D eigenvalue weighted by molar-refractivity contribution is 0.0218. The molecule has 3 nitrogen and oxygen atoms in total. The van der Waals surface area contributed by atoms with Crippen molar-refractivity contribution in [3.63, 3.8) is 0 Å². The molecule has 3 atom stereocenters. The molecule has 0 saturated carbocycles. The molecule has 2 heterocycles. The summed E-state index contributed by atoms with van der Waals surface area (Å²) in [5.74, 6) is 0.924. The van der Waals surface area contributed by atoms with Gasteiger partial charge in [-0.25, -0.2) is 0 Å². The molecule has 19 heavy (non-hydrogen) atoms. The zero-order valence-electron chi connectivity index (χ0n) is 13.4. The molecule has 0 aliphatic carbocycles. The molecule has 2 saturated heterocycles. The van der Waals surface area contributed by atoms with Crippen molar-refractivity contribution in [3.8, 4) is 0 Å². The van der Waals surface area contributed by atoms with Gasteiger partial charge in [-0.15, -0.1) is 0 Å². The maximum atomic E-state index is 3.54. The molecule has 0 bridgehead atoms. The first-order valence-electron chi connectivity index (χ1n) is 8.25. The summed E-state index contributed by atoms with van der Waals surface area (Å²) >= 11 is 0. The lowest BCUT2D eigenvalue weighted by Gasteiger charge is -2.47. The van der Waals surface area contributed by atoms with Gasteiger partial charge in [-0.1, -0.05) is 13.8 Å². The lowest BCUT2D eigenvalue weighted by Crippen LogP contribution is -2.54. The molecular weight excluding hydrogens is 234 g/mol. The van der Waals surface area contributed by atoms with E-state index in [0.29, 0.717) is 6.04 Å². The van der Waals surface area contributed by atoms with E-state index in [2.05, 4.69) is 42.9 Å². The zero-order valence-corrected chi connectivity index (χ0v) is 13.4. The minimum atomic E-state index is 0.616. The highest BCUT2D eigenvalue weighted by molar-refractivity contribution is 4.90. The Morgan fingerprint density at radius 2 is 1.95 bits per heavy atom. The lowest BCUT2D eigenvalue weighted by atomic mass is 9.83. The highest BCUT2D eigenvalue weighted by atomic mass is 15.2. The molecular formula is C16H33N3. The number of nitrogens with one attached hydrogen (secondary N) is 1. The highest BCUT2D eigenvalue weighted by Crippen LogP contribution is 2.30. The Kier molecular flexibility index (Phi) is 5.67. The van der Waals surface area contributed by atoms with Gasteiger partial charge in [-0.2, -0.15) is 0 Å². The Morgan fingerprint density at radius 3 is 2.68 bits per heavy atom. The Balaban J connectivity index is 1.76. The Bertz CT molecular complexity index is 267. The van der Waals surface area contributed by atoms with E-state index in [9.17, 15) is 0 Å². The summed E-state index contributed by atoms with van der Waals surface area (Å²) in [6.07, 6.45) is 5.51. The predicted molar refractivity (Wildman–Crippen MR) is 82.5 cm³/mol. The van der Waals surface area contributed by atoms with Gasteiger partial charge in [0.1, 0.15) is 0 Å². The Hall–Kier alpha value is -0.120. The number of rotatable bonds is 5. The van der Waals surface area contributed by atoms with Gasteiger partial charge in [0.2, 0.25) is 0 Å². The molecule has 2 aliphatic heterocycles. The predicted octanol–water partition coefficient (Wildman–Crippen LogP) is 2.18. The molecule has 2 rings (SSSR count). The van der Waals surface area contributed by atoms with Crippen LogP contribution >= 0.6 is 0 Å². The van der Waals surface area contributed by atoms with Crippen molar-refractivity contribution in [3.05, 3.63) is 0 Å². The second kappa shape index (κ2) is 7.05. The van der Waals surface area contributed by atoms with Gasteiger partial charge in [-0.05, 0) is 65.2 Å². The molecule has 0 aromatic heterocycles. The van der Waals surface area contributed by atoms with Crippen molar-refractivity contribution in [2.75, 3.05) is 33.2 Å². The fraction of sp³-hybridized carbons (Fsp3) is 1.00. The number of hydrogen-bond donors (Lipinski definition) is 1. The quantitative estimate of drug-likeness (QED) is 0.824. The fourth-order valence-electron chi connectivity index (χ4n) is 3.84. The van der Waals surface area contributed by atoms with Crippen molar-refractivity contribution in [1.29, 1.82) is 0 Å². The minimum Gasteiger partial charge on any atom is -0.314 e. The SMILES string of the molecule is CC(C)NCCC(C)N1CCC2C(CCCN2C)C1. The summed E-state index contributed by atoms with van der Waals surface area (Å²) < 4.78 is 0. The van der Waals surface area contributed by atoms with Crippen LogP contribution in [0, 0.1) is 5.92 Å². The van der Waals surface area contributed by atoms with Gasteiger partial charge in [0, 0.05) is 24.7 Å². The maximum Gasteiger partial charge on any atom is 0.0145 e. The van der Waals surface area contributed by atoms with E-state index in [1.807, 2.05) is 0 Å². The molecule has 0 aromatic rings. The van der Waals surface area contributed by atoms with E-state index in [1.54, 1.807) is 0 Å². The third kappa shape index (κ3) is 4.17. The first-order valence-corrected chi connectivity index (χ1v) is 8.25. The van der Waals surface area contributed by atoms with Gasteiger partial charge in [0.25, 0.3) is 0 Å². The van der Waals surface area contributed by atoms with Gasteiger partial charge in [0.05, 0.1) is 0 Å². The molecule has 3 heteroatoms. The summed E-state index contributed by atoms with van der Waals surface area (Å²) in [6, 6.07) is 2.22. The molecule has 2 aliphatic rings. The van der Waals surface area contributed by atoms with Gasteiger partial charge in [-0.3, -0.25) is 0 Å². The summed E-state index contributed by atoms with van der Waals surface area (Å²) in [7, 11) is 2.32. The van der Waals surface area contributed by atoms with Crippen LogP contribution in [0.3, 0.4) is 0 Å². The second-order valence-corrected chi connectivity index (χ2v) is 6.98. The monoisotopic (exact) mass is 267 g/mol. The van der Waals surface area contributed by atoms with Crippen LogP contribution in [-0.4, -0.2) is 61.2 Å². The van der Waals surface area contributed by atoms with E-state index >= 15 is 0 Å². The number of hydrogen-bond acceptors (Lipinski definition) is 3. The standard InChI is InChI=1S/C16H33N3/c1-13(2)17-9-7-14(3)19-11-8-16-15(12-19)6-5-10-18(16)4/h13-17H,5-12H2,1-4H3. The number of fused-ring (bicyclic) bond motifs is 1. The van der Waals surface area contributed by atoms with Crippen LogP contribution in [0.4, 0.5) is 0 Å². The van der Waals surface area contributed by atoms with Crippen molar-refractivity contribution in [1.82, 2.24) is 15.1 Å². The van der Waals surface area contributed by atoms with Gasteiger partial charge in [0.15, 0.2) is 0 Å². The van der Waals surface area contributed by atoms with Gasteiger partial charge < -0.3 is 15.1 Å². The van der Waals surface area contributed by atoms with Crippen LogP contribution < -0.4 is 5.32 Å². The number of piperidine rings is 2. The number of nitrogens with zero attached hydrogens (tertiary/aromatic N) is 2. The van der Waals surface area contributed by atoms with E-state index in [0.717, 1.165) is 24.5 Å². The molecule has 0 aromatic carbocycles. The van der Waals surface area contributed by atoms with E-state index in [4.69, 9.17) is 0 Å². The zero-order chi connectivity index (χ0) is 13.8. The third-order valence-corrected chi connectivity index (χ3v) is 5.12. The first-order chi connectivity index (χ1) is 9.08. The topological polar surface area (TPSA) is 18.5 Å². The summed E-state index contributed by atoms with van der Waals surface area (Å²) in [4.78, 5) is 5.35. The Morgan fingerprint density at radius 1 is 1.16 bits per heavy atom. The van der Waals surface area contributed by atoms with Crippen molar-refractivity contribution >= 4 is 0 Å². The van der Waals surface area contributed by atoms with Gasteiger partial charge >= 0.3 is 0 Å². The van der Waals surface area contributed by atoms with Crippen LogP contribution in [0.15, 0.2) is 0 Å². The highest BCUT2D eigenvalue weighted by Gasteiger charge is 2.35. The molecule has 2 fully saturated rings. The van der Waals surface area contributed by atoms with Crippen LogP contribution in [-0.2, 0) is 0 Å². The normalized spacial score (nSPS) is 31.4. The summed E-state index contributed by atoms with van der Waals surface area (Å²) in [6.45, 7) is 12.0. The average molecular weight is 267 g/mol. The molecule has 0 spiro atoms. The fourth-order valence-corrected chi connectivity index (χ4v) is 3.84. The maximum absolute atomic E-state index is 3.54. The second-order valence-electron chi connectivity index (χ2n) is 6.98. The molecule has 3 unspecified atom stereocenters. The summed E-state index contributed by atoms with van der Waals surface area (Å²) in [5, 5.41) is 3.54. The van der Waals surface area contributed by atoms with E-state index < -0.39 is 0 Å². The molecule has 0 amide bonds. The van der Waals surface area contributed by atoms with E-state index in [1.165, 1.54) is 45.3 Å². The molecule has 1 N–H and O–H groups in total. The minimum absolute atomic E-state index is 0.616. The van der Waals surface area contributed by atoms with Crippen LogP contribution in [0.25, 0.3) is 0 Å². The average Bonchev–Trinajstić information content (AvgIpc) is 2.38. The third-order valence-electron chi connectivity index (χ3n) is 5.12. The van der Waals surface area contributed by atoms with Crippen LogP contribution in [0.1, 0.15) is 46.5 Å².